The molecule has 2 atom stereocenters. The zero-order valence-electron chi connectivity index (χ0n) is 24.9. The monoisotopic (exact) mass is 580 g/mol. The standard InChI is InChI=1S/C34H42F2N2O2S/c1-6-40-34(39)20-31(30-13-12-29(35)19-32(30)36)26-11-9-24(3)28(18-26)22-38-21-23(2)16-27-17-25(8-7-15-37(4)5)10-14-33(27)41-38/h9-14,17-19,23,31H,6-8,15-16,20-22H2,1-5H3. The Balaban J connectivity index is 1.57. The summed E-state index contributed by atoms with van der Waals surface area (Å²) in [5.74, 6) is -1.78. The van der Waals surface area contributed by atoms with Crippen molar-refractivity contribution >= 4 is 17.9 Å². The second kappa shape index (κ2) is 14.4. The van der Waals surface area contributed by atoms with Gasteiger partial charge in [0.2, 0.25) is 0 Å². The lowest BCUT2D eigenvalue weighted by molar-refractivity contribution is -0.143. The summed E-state index contributed by atoms with van der Waals surface area (Å²) in [6.07, 6.45) is 3.26. The molecule has 0 aliphatic carbocycles. The minimum Gasteiger partial charge on any atom is -0.466 e. The van der Waals surface area contributed by atoms with Crippen LogP contribution in [-0.4, -0.2) is 49.0 Å². The highest BCUT2D eigenvalue weighted by Crippen LogP contribution is 2.37. The van der Waals surface area contributed by atoms with E-state index in [1.165, 1.54) is 28.2 Å². The third-order valence-corrected chi connectivity index (χ3v) is 8.77. The number of rotatable bonds is 11. The third kappa shape index (κ3) is 8.63. The van der Waals surface area contributed by atoms with Gasteiger partial charge in [-0.1, -0.05) is 43.3 Å². The first-order valence-corrected chi connectivity index (χ1v) is 15.3. The molecule has 7 heteroatoms. The van der Waals surface area contributed by atoms with Crippen LogP contribution in [0.25, 0.3) is 0 Å². The number of esters is 1. The van der Waals surface area contributed by atoms with Crippen LogP contribution in [-0.2, 0) is 28.9 Å². The Morgan fingerprint density at radius 1 is 1.12 bits per heavy atom. The van der Waals surface area contributed by atoms with Gasteiger partial charge in [0.25, 0.3) is 0 Å². The molecule has 1 aliphatic rings. The van der Waals surface area contributed by atoms with Crippen LogP contribution in [0.3, 0.4) is 0 Å². The Bertz CT molecular complexity index is 1350. The van der Waals surface area contributed by atoms with Crippen molar-refractivity contribution in [2.24, 2.45) is 5.92 Å². The zero-order valence-corrected chi connectivity index (χ0v) is 25.7. The Kier molecular flexibility index (Phi) is 11.0. The second-order valence-electron chi connectivity index (χ2n) is 11.5. The first-order chi connectivity index (χ1) is 19.6. The summed E-state index contributed by atoms with van der Waals surface area (Å²) in [7, 11) is 4.23. The molecule has 0 fully saturated rings. The van der Waals surface area contributed by atoms with Crippen LogP contribution >= 0.6 is 11.9 Å². The van der Waals surface area contributed by atoms with Gasteiger partial charge >= 0.3 is 5.97 Å². The molecule has 0 amide bonds. The number of nitrogens with zero attached hydrogens (tertiary/aromatic N) is 2. The van der Waals surface area contributed by atoms with E-state index in [0.29, 0.717) is 11.5 Å². The minimum absolute atomic E-state index is 0.0152. The van der Waals surface area contributed by atoms with Crippen molar-refractivity contribution in [2.75, 3.05) is 33.8 Å². The fourth-order valence-corrected chi connectivity index (χ4v) is 6.74. The number of aryl methyl sites for hydroxylation is 2. The maximum atomic E-state index is 14.9. The maximum absolute atomic E-state index is 14.9. The molecular formula is C34H42F2N2O2S. The SMILES string of the molecule is CCOC(=O)CC(c1ccc(C)c(CN2CC(C)Cc3cc(CCCN(C)C)ccc3S2)c1)c1ccc(F)cc1F. The van der Waals surface area contributed by atoms with Gasteiger partial charge in [-0.2, -0.15) is 0 Å². The van der Waals surface area contributed by atoms with Gasteiger partial charge in [0.15, 0.2) is 0 Å². The molecule has 4 rings (SSSR count). The van der Waals surface area contributed by atoms with Crippen LogP contribution in [0.15, 0.2) is 59.5 Å². The predicted octanol–water partition coefficient (Wildman–Crippen LogP) is 7.55. The van der Waals surface area contributed by atoms with Gasteiger partial charge in [0.1, 0.15) is 11.6 Å². The molecule has 4 nitrogen and oxygen atoms in total. The van der Waals surface area contributed by atoms with E-state index in [9.17, 15) is 13.6 Å². The summed E-state index contributed by atoms with van der Waals surface area (Å²) in [6, 6.07) is 16.5. The Morgan fingerprint density at radius 2 is 1.93 bits per heavy atom. The van der Waals surface area contributed by atoms with Crippen molar-refractivity contribution in [3.8, 4) is 0 Å². The Hall–Kier alpha value is -2.74. The van der Waals surface area contributed by atoms with Crippen LogP contribution in [0, 0.1) is 24.5 Å². The number of carbonyl (C=O) groups is 1. The van der Waals surface area contributed by atoms with E-state index < -0.39 is 23.5 Å². The molecule has 0 spiro atoms. The number of halogens is 2. The minimum atomic E-state index is -0.656. The van der Waals surface area contributed by atoms with Crippen LogP contribution in [0.2, 0.25) is 0 Å². The molecule has 3 aromatic rings. The summed E-state index contributed by atoms with van der Waals surface area (Å²) in [5.41, 5.74) is 6.19. The molecule has 0 N–H and O–H groups in total. The van der Waals surface area contributed by atoms with Crippen molar-refractivity contribution in [1.29, 1.82) is 0 Å². The molecule has 2 unspecified atom stereocenters. The Labute approximate surface area is 248 Å². The van der Waals surface area contributed by atoms with E-state index in [0.717, 1.165) is 61.7 Å². The van der Waals surface area contributed by atoms with E-state index in [2.05, 4.69) is 61.4 Å². The number of carbonyl (C=O) groups excluding carboxylic acids is 1. The summed E-state index contributed by atoms with van der Waals surface area (Å²) >= 11 is 1.80. The van der Waals surface area contributed by atoms with Crippen LogP contribution in [0.5, 0.6) is 0 Å². The first kappa shape index (κ1) is 31.2. The van der Waals surface area contributed by atoms with Gasteiger partial charge in [0, 0.05) is 30.0 Å². The van der Waals surface area contributed by atoms with E-state index in [-0.39, 0.29) is 13.0 Å². The number of ether oxygens (including phenoxy) is 1. The fourth-order valence-electron chi connectivity index (χ4n) is 5.54. The summed E-state index contributed by atoms with van der Waals surface area (Å²) < 4.78 is 36.3. The lowest BCUT2D eigenvalue weighted by Crippen LogP contribution is -2.21. The highest BCUT2D eigenvalue weighted by atomic mass is 32.2. The highest BCUT2D eigenvalue weighted by Gasteiger charge is 2.25. The van der Waals surface area contributed by atoms with Gasteiger partial charge in [-0.05, 0) is 117 Å². The van der Waals surface area contributed by atoms with E-state index in [1.807, 2.05) is 12.1 Å². The molecule has 3 aromatic carbocycles. The summed E-state index contributed by atoms with van der Waals surface area (Å²) in [6.45, 7) is 9.13. The first-order valence-electron chi connectivity index (χ1n) is 14.5. The molecule has 0 radical (unpaired) electrons. The predicted molar refractivity (Wildman–Crippen MR) is 163 cm³/mol. The maximum Gasteiger partial charge on any atom is 0.306 e. The molecule has 0 saturated heterocycles. The van der Waals surface area contributed by atoms with Gasteiger partial charge in [0.05, 0.1) is 13.0 Å². The summed E-state index contributed by atoms with van der Waals surface area (Å²) in [5, 5.41) is 0. The smallest absolute Gasteiger partial charge is 0.306 e. The van der Waals surface area contributed by atoms with E-state index in [4.69, 9.17) is 4.74 Å². The number of fused-ring (bicyclic) bond motifs is 1. The Morgan fingerprint density at radius 3 is 2.66 bits per heavy atom. The highest BCUT2D eigenvalue weighted by molar-refractivity contribution is 7.97. The average Bonchev–Trinajstić information content (AvgIpc) is 3.06. The number of benzene rings is 3. The van der Waals surface area contributed by atoms with Crippen LogP contribution < -0.4 is 0 Å². The molecule has 220 valence electrons. The lowest BCUT2D eigenvalue weighted by Gasteiger charge is -2.24. The topological polar surface area (TPSA) is 32.8 Å². The van der Waals surface area contributed by atoms with Crippen molar-refractivity contribution in [3.63, 3.8) is 0 Å². The number of hydrogen-bond donors (Lipinski definition) is 0. The van der Waals surface area contributed by atoms with Crippen molar-refractivity contribution in [2.45, 2.75) is 63.8 Å². The zero-order chi connectivity index (χ0) is 29.5. The molecule has 1 heterocycles. The largest absolute Gasteiger partial charge is 0.466 e. The van der Waals surface area contributed by atoms with E-state index in [1.54, 1.807) is 18.9 Å². The van der Waals surface area contributed by atoms with E-state index >= 15 is 0 Å². The van der Waals surface area contributed by atoms with Crippen LogP contribution in [0.1, 0.15) is 66.0 Å². The second-order valence-corrected chi connectivity index (χ2v) is 12.6. The van der Waals surface area contributed by atoms with Crippen molar-refractivity contribution < 1.29 is 18.3 Å². The lowest BCUT2D eigenvalue weighted by atomic mass is 9.86. The van der Waals surface area contributed by atoms with Crippen molar-refractivity contribution in [1.82, 2.24) is 9.21 Å². The van der Waals surface area contributed by atoms with Gasteiger partial charge in [-0.25, -0.2) is 13.1 Å². The van der Waals surface area contributed by atoms with Crippen LogP contribution in [0.4, 0.5) is 8.78 Å². The molecule has 0 bridgehead atoms. The molecule has 0 saturated carbocycles. The van der Waals surface area contributed by atoms with Gasteiger partial charge in [-0.15, -0.1) is 0 Å². The fraction of sp³-hybridized carbons (Fsp3) is 0.441. The molecule has 41 heavy (non-hydrogen) atoms. The molecule has 1 aliphatic heterocycles. The molecule has 0 aromatic heterocycles. The van der Waals surface area contributed by atoms with Gasteiger partial charge in [-0.3, -0.25) is 4.79 Å². The average molecular weight is 581 g/mol. The number of hydrogen-bond acceptors (Lipinski definition) is 5. The third-order valence-electron chi connectivity index (χ3n) is 7.64. The molecular weight excluding hydrogens is 538 g/mol. The normalized spacial score (nSPS) is 16.3. The summed E-state index contributed by atoms with van der Waals surface area (Å²) in [4.78, 5) is 16.0. The van der Waals surface area contributed by atoms with Crippen molar-refractivity contribution in [3.05, 3.63) is 99.6 Å². The van der Waals surface area contributed by atoms with Gasteiger partial charge < -0.3 is 9.64 Å². The quantitative estimate of drug-likeness (QED) is 0.173.